The van der Waals surface area contributed by atoms with Gasteiger partial charge in [0.15, 0.2) is 0 Å². The van der Waals surface area contributed by atoms with E-state index in [1.165, 1.54) is 5.56 Å². The van der Waals surface area contributed by atoms with Crippen LogP contribution in [0.1, 0.15) is 55.4 Å². The second kappa shape index (κ2) is 15.9. The Kier molecular flexibility index (Phi) is 9.90. The van der Waals surface area contributed by atoms with Crippen molar-refractivity contribution >= 4 is 11.0 Å². The standard InChI is InChI=1S/C51H46N3O.Pt/c1-33(2)27-35-21-24-46(44(28-35)37-13-8-7-9-14-37)54-47-17-12-16-42(49(47)53-50(54)43-15-10-11-18-48(43)55)39-29-40(31-41(30-39)51(4,5)6)45-32-38(25-26-52-45)36-22-19-34(3)20-23-36;/h7-26,28,30-33,55H,27H2,1-6H3;/q-1;/i3D3;. The number of para-hydroxylation sites is 2. The molecule has 0 unspecified atom stereocenters. The van der Waals surface area contributed by atoms with Gasteiger partial charge >= 0.3 is 0 Å². The predicted molar refractivity (Wildman–Crippen MR) is 229 cm³/mol. The van der Waals surface area contributed by atoms with Gasteiger partial charge in [-0.15, -0.1) is 29.3 Å². The Labute approximate surface area is 349 Å². The third-order valence-electron chi connectivity index (χ3n) is 10.1. The molecule has 0 aliphatic rings. The van der Waals surface area contributed by atoms with Crippen molar-refractivity contribution in [1.29, 1.82) is 0 Å². The minimum atomic E-state index is -2.16. The van der Waals surface area contributed by atoms with Gasteiger partial charge in [0.25, 0.3) is 0 Å². The molecule has 0 aliphatic carbocycles. The second-order valence-electron chi connectivity index (χ2n) is 15.7. The van der Waals surface area contributed by atoms with Crippen molar-refractivity contribution in [1.82, 2.24) is 14.5 Å². The van der Waals surface area contributed by atoms with Crippen molar-refractivity contribution in [3.8, 4) is 67.5 Å². The first-order valence-corrected chi connectivity index (χ1v) is 18.9. The molecule has 8 rings (SSSR count). The minimum Gasteiger partial charge on any atom is -0.507 e. The zero-order valence-corrected chi connectivity index (χ0v) is 34.5. The first-order valence-electron chi connectivity index (χ1n) is 20.4. The van der Waals surface area contributed by atoms with E-state index in [1.807, 2.05) is 48.5 Å². The van der Waals surface area contributed by atoms with Gasteiger partial charge in [0.2, 0.25) is 0 Å². The van der Waals surface area contributed by atoms with Crippen LogP contribution in [0.2, 0.25) is 0 Å². The first kappa shape index (κ1) is 34.9. The van der Waals surface area contributed by atoms with Gasteiger partial charge in [0.05, 0.1) is 22.3 Å². The fraction of sp³-hybridized carbons (Fsp3) is 0.176. The van der Waals surface area contributed by atoms with Crippen molar-refractivity contribution in [2.24, 2.45) is 5.92 Å². The number of benzene rings is 6. The first-order chi connectivity index (χ1) is 27.7. The van der Waals surface area contributed by atoms with E-state index in [1.54, 1.807) is 24.4 Å². The smallest absolute Gasteiger partial charge is 0.148 e. The van der Waals surface area contributed by atoms with Crippen LogP contribution in [0.3, 0.4) is 0 Å². The van der Waals surface area contributed by atoms with E-state index in [0.717, 1.165) is 73.3 Å². The third-order valence-corrected chi connectivity index (χ3v) is 10.1. The summed E-state index contributed by atoms with van der Waals surface area (Å²) in [4.78, 5) is 10.2. The number of rotatable bonds is 8. The molecule has 0 fully saturated rings. The van der Waals surface area contributed by atoms with Crippen LogP contribution in [0.5, 0.6) is 5.75 Å². The summed E-state index contributed by atoms with van der Waals surface area (Å²) in [6.07, 6.45) is 2.75. The van der Waals surface area contributed by atoms with Crippen LogP contribution in [-0.4, -0.2) is 19.6 Å². The van der Waals surface area contributed by atoms with Crippen molar-refractivity contribution in [2.45, 2.75) is 53.3 Å². The number of nitrogens with zero attached hydrogens (tertiary/aromatic N) is 3. The van der Waals surface area contributed by atoms with Gasteiger partial charge in [0.1, 0.15) is 11.6 Å². The van der Waals surface area contributed by atoms with Crippen LogP contribution < -0.4 is 0 Å². The number of hydrogen-bond donors (Lipinski definition) is 1. The summed E-state index contributed by atoms with van der Waals surface area (Å²) in [6.45, 7) is 8.92. The van der Waals surface area contributed by atoms with Crippen LogP contribution in [0.25, 0.3) is 72.7 Å². The van der Waals surface area contributed by atoms with Crippen molar-refractivity contribution in [3.63, 3.8) is 0 Å². The summed E-state index contributed by atoms with van der Waals surface area (Å²) < 4.78 is 25.6. The molecule has 0 amide bonds. The average molecular weight is 915 g/mol. The van der Waals surface area contributed by atoms with Crippen molar-refractivity contribution in [2.75, 3.05) is 0 Å². The van der Waals surface area contributed by atoms with Gasteiger partial charge < -0.3 is 5.11 Å². The van der Waals surface area contributed by atoms with Gasteiger partial charge in [-0.3, -0.25) is 9.55 Å². The largest absolute Gasteiger partial charge is 0.507 e. The molecule has 8 aromatic rings. The topological polar surface area (TPSA) is 50.9 Å². The quantitative estimate of drug-likeness (QED) is 0.155. The number of fused-ring (bicyclic) bond motifs is 1. The van der Waals surface area contributed by atoms with E-state index in [0.29, 0.717) is 22.9 Å². The molecule has 0 saturated carbocycles. The molecule has 0 aliphatic heterocycles. The number of phenols is 1. The minimum absolute atomic E-state index is 0. The van der Waals surface area contributed by atoms with Gasteiger partial charge in [-0.1, -0.05) is 142 Å². The molecular weight excluding hydrogens is 866 g/mol. The molecule has 0 bridgehead atoms. The van der Waals surface area contributed by atoms with E-state index in [9.17, 15) is 5.11 Å². The Morgan fingerprint density at radius 1 is 0.714 bits per heavy atom. The van der Waals surface area contributed by atoms with E-state index < -0.39 is 6.85 Å². The number of aryl methyl sites for hydroxylation is 1. The van der Waals surface area contributed by atoms with Gasteiger partial charge in [-0.05, 0) is 83.3 Å². The number of aromatic hydroxyl groups is 1. The molecule has 2 aromatic heterocycles. The fourth-order valence-corrected chi connectivity index (χ4v) is 7.34. The van der Waals surface area contributed by atoms with E-state index >= 15 is 0 Å². The maximum atomic E-state index is 11.3. The predicted octanol–water partition coefficient (Wildman–Crippen LogP) is 13.1. The summed E-state index contributed by atoms with van der Waals surface area (Å²) in [5.41, 5.74) is 13.2. The maximum Gasteiger partial charge on any atom is 0.148 e. The number of imidazole rings is 1. The van der Waals surface area contributed by atoms with Gasteiger partial charge in [-0.25, -0.2) is 4.98 Å². The number of phenolic OH excluding ortho intramolecular Hbond substituents is 1. The van der Waals surface area contributed by atoms with Crippen LogP contribution in [-0.2, 0) is 32.9 Å². The Hall–Kier alpha value is -5.57. The summed E-state index contributed by atoms with van der Waals surface area (Å²) >= 11 is 0. The molecular formula is C51H46N3OPt-. The monoisotopic (exact) mass is 914 g/mol. The SMILES string of the molecule is [2H]C([2H])([2H])c1ccc(-c2ccnc(-c3[c-]c(-c4cccc5c4nc(-c4ccccc4O)n5-c4ccc(CC(C)C)cc4-c4ccccc4)cc(C(C)(C)C)c3)c2)cc1.[Pt]. The summed E-state index contributed by atoms with van der Waals surface area (Å²) in [6, 6.07) is 49.9. The molecule has 0 atom stereocenters. The molecule has 2 heterocycles. The van der Waals surface area contributed by atoms with Crippen LogP contribution in [0, 0.1) is 18.8 Å². The van der Waals surface area contributed by atoms with Crippen LogP contribution in [0.15, 0.2) is 146 Å². The van der Waals surface area contributed by atoms with Crippen molar-refractivity contribution in [3.05, 3.63) is 168 Å². The average Bonchev–Trinajstić information content (AvgIpc) is 3.60. The Balaban J connectivity index is 0.00000528. The molecule has 5 heteroatoms. The molecule has 56 heavy (non-hydrogen) atoms. The summed E-state index contributed by atoms with van der Waals surface area (Å²) in [5.74, 6) is 1.29. The molecule has 4 nitrogen and oxygen atoms in total. The van der Waals surface area contributed by atoms with Crippen molar-refractivity contribution < 1.29 is 30.3 Å². The van der Waals surface area contributed by atoms with E-state index in [2.05, 4.69) is 118 Å². The van der Waals surface area contributed by atoms with Crippen LogP contribution >= 0.6 is 0 Å². The van der Waals surface area contributed by atoms with Gasteiger partial charge in [-0.2, -0.15) is 0 Å². The molecule has 6 aromatic carbocycles. The summed E-state index contributed by atoms with van der Waals surface area (Å²) in [5, 5.41) is 11.3. The molecule has 0 saturated heterocycles. The maximum absolute atomic E-state index is 11.3. The third kappa shape index (κ3) is 7.77. The number of aromatic nitrogens is 3. The van der Waals surface area contributed by atoms with E-state index in [-0.39, 0.29) is 32.2 Å². The Bertz CT molecular complexity index is 2770. The van der Waals surface area contributed by atoms with Gasteiger partial charge in [0, 0.05) is 42.6 Å². The number of pyridine rings is 1. The Morgan fingerprint density at radius 2 is 1.45 bits per heavy atom. The molecule has 282 valence electrons. The second-order valence-corrected chi connectivity index (χ2v) is 15.7. The fourth-order valence-electron chi connectivity index (χ4n) is 7.34. The Morgan fingerprint density at radius 3 is 2.18 bits per heavy atom. The zero-order chi connectivity index (χ0) is 40.8. The molecule has 0 radical (unpaired) electrons. The normalized spacial score (nSPS) is 12.6. The van der Waals surface area contributed by atoms with E-state index in [4.69, 9.17) is 14.1 Å². The number of hydrogen-bond acceptors (Lipinski definition) is 3. The molecule has 1 N–H and O–H groups in total. The van der Waals surface area contributed by atoms with Crippen LogP contribution in [0.4, 0.5) is 0 Å². The molecule has 0 spiro atoms. The zero-order valence-electron chi connectivity index (χ0n) is 35.2. The summed E-state index contributed by atoms with van der Waals surface area (Å²) in [7, 11) is 0.